The molecular formula is C12H21NO3. The number of aliphatic hydroxyl groups excluding tert-OH is 1. The van der Waals surface area contributed by atoms with Crippen molar-refractivity contribution in [2.24, 2.45) is 5.92 Å². The summed E-state index contributed by atoms with van der Waals surface area (Å²) in [7, 11) is 0. The van der Waals surface area contributed by atoms with E-state index in [4.69, 9.17) is 4.74 Å². The van der Waals surface area contributed by atoms with Crippen LogP contribution in [0.4, 0.5) is 4.79 Å². The van der Waals surface area contributed by atoms with Crippen LogP contribution in [-0.2, 0) is 4.74 Å². The summed E-state index contributed by atoms with van der Waals surface area (Å²) in [4.78, 5) is 13.7. The molecule has 3 atom stereocenters. The lowest BCUT2D eigenvalue weighted by Gasteiger charge is -2.47. The van der Waals surface area contributed by atoms with Crippen LogP contribution in [0.25, 0.3) is 0 Å². The number of piperidine rings is 2. The standard InChI is InChI=1S/C12H21NO3/c1-12(2,3)16-11(15)13-7-8-4-5-9(13)6-10(8)14/h8-10,14H,4-7H2,1-3H3/t8-,9+,10-/m1/s1. The van der Waals surface area contributed by atoms with Gasteiger partial charge in [-0.2, -0.15) is 0 Å². The van der Waals surface area contributed by atoms with E-state index in [0.29, 0.717) is 13.0 Å². The van der Waals surface area contributed by atoms with Crippen molar-refractivity contribution in [1.29, 1.82) is 0 Å². The van der Waals surface area contributed by atoms with Crippen molar-refractivity contribution in [3.05, 3.63) is 0 Å². The Morgan fingerprint density at radius 1 is 1.38 bits per heavy atom. The first-order chi connectivity index (χ1) is 7.37. The van der Waals surface area contributed by atoms with Crippen molar-refractivity contribution < 1.29 is 14.6 Å². The van der Waals surface area contributed by atoms with E-state index in [0.717, 1.165) is 12.8 Å². The maximum absolute atomic E-state index is 11.9. The minimum absolute atomic E-state index is 0.176. The van der Waals surface area contributed by atoms with Gasteiger partial charge in [-0.25, -0.2) is 4.79 Å². The van der Waals surface area contributed by atoms with Gasteiger partial charge in [-0.3, -0.25) is 0 Å². The van der Waals surface area contributed by atoms with Crippen molar-refractivity contribution >= 4 is 6.09 Å². The van der Waals surface area contributed by atoms with Crippen LogP contribution in [0.1, 0.15) is 40.0 Å². The molecule has 2 heterocycles. The second kappa shape index (κ2) is 3.91. The summed E-state index contributed by atoms with van der Waals surface area (Å²) in [5.74, 6) is 0.248. The van der Waals surface area contributed by atoms with Crippen LogP contribution in [-0.4, -0.2) is 40.4 Å². The zero-order valence-corrected chi connectivity index (χ0v) is 10.3. The van der Waals surface area contributed by atoms with E-state index in [1.807, 2.05) is 20.8 Å². The number of hydrogen-bond donors (Lipinski definition) is 1. The summed E-state index contributed by atoms with van der Waals surface area (Å²) in [6.07, 6.45) is 2.29. The van der Waals surface area contributed by atoms with Crippen LogP contribution in [0.2, 0.25) is 0 Å². The average molecular weight is 227 g/mol. The monoisotopic (exact) mass is 227 g/mol. The largest absolute Gasteiger partial charge is 0.444 e. The fourth-order valence-corrected chi connectivity index (χ4v) is 2.63. The summed E-state index contributed by atoms with van der Waals surface area (Å²) in [6, 6.07) is 0.176. The Labute approximate surface area is 96.6 Å². The topological polar surface area (TPSA) is 49.8 Å². The van der Waals surface area contributed by atoms with Crippen molar-refractivity contribution in [2.45, 2.75) is 57.8 Å². The Balaban J connectivity index is 1.99. The van der Waals surface area contributed by atoms with Crippen LogP contribution in [0.3, 0.4) is 0 Å². The van der Waals surface area contributed by atoms with Gasteiger partial charge in [-0.1, -0.05) is 0 Å². The van der Waals surface area contributed by atoms with Gasteiger partial charge in [-0.15, -0.1) is 0 Å². The summed E-state index contributed by atoms with van der Waals surface area (Å²) in [6.45, 7) is 6.28. The molecule has 2 aliphatic heterocycles. The smallest absolute Gasteiger partial charge is 0.410 e. The van der Waals surface area contributed by atoms with Crippen LogP contribution in [0.5, 0.6) is 0 Å². The first kappa shape index (κ1) is 11.7. The molecule has 2 bridgehead atoms. The normalized spacial score (nSPS) is 34.0. The zero-order chi connectivity index (χ0) is 11.9. The van der Waals surface area contributed by atoms with Gasteiger partial charge in [0.2, 0.25) is 0 Å². The summed E-state index contributed by atoms with van der Waals surface area (Å²) >= 11 is 0. The summed E-state index contributed by atoms with van der Waals surface area (Å²) in [5.41, 5.74) is -0.438. The predicted octanol–water partition coefficient (Wildman–Crippen LogP) is 1.77. The Kier molecular flexibility index (Phi) is 2.86. The molecule has 16 heavy (non-hydrogen) atoms. The number of hydrogen-bond acceptors (Lipinski definition) is 3. The molecule has 1 N–H and O–H groups in total. The molecular weight excluding hydrogens is 206 g/mol. The molecule has 0 aromatic heterocycles. The van der Waals surface area contributed by atoms with E-state index in [1.165, 1.54) is 0 Å². The van der Waals surface area contributed by atoms with Crippen molar-refractivity contribution in [2.75, 3.05) is 6.54 Å². The van der Waals surface area contributed by atoms with Gasteiger partial charge in [0.1, 0.15) is 5.60 Å². The number of ether oxygens (including phenoxy) is 1. The molecule has 3 fully saturated rings. The highest BCUT2D eigenvalue weighted by atomic mass is 16.6. The molecule has 4 nitrogen and oxygen atoms in total. The molecule has 1 saturated carbocycles. The van der Waals surface area contributed by atoms with E-state index < -0.39 is 5.60 Å². The number of carbonyl (C=O) groups is 1. The number of nitrogens with zero attached hydrogens (tertiary/aromatic N) is 1. The molecule has 3 rings (SSSR count). The highest BCUT2D eigenvalue weighted by Gasteiger charge is 2.42. The van der Waals surface area contributed by atoms with E-state index in [-0.39, 0.29) is 24.2 Å². The van der Waals surface area contributed by atoms with Gasteiger partial charge in [0.05, 0.1) is 6.10 Å². The van der Waals surface area contributed by atoms with E-state index in [2.05, 4.69) is 0 Å². The number of aliphatic hydroxyl groups is 1. The molecule has 1 amide bonds. The number of rotatable bonds is 0. The number of fused-ring (bicyclic) bond motifs is 3. The van der Waals surface area contributed by atoms with Gasteiger partial charge in [0.15, 0.2) is 0 Å². The predicted molar refractivity (Wildman–Crippen MR) is 60.1 cm³/mol. The third-order valence-electron chi connectivity index (χ3n) is 3.43. The Morgan fingerprint density at radius 3 is 2.50 bits per heavy atom. The Morgan fingerprint density at radius 2 is 2.06 bits per heavy atom. The average Bonchev–Trinajstić information content (AvgIpc) is 2.15. The molecule has 2 saturated heterocycles. The zero-order valence-electron chi connectivity index (χ0n) is 10.3. The Hall–Kier alpha value is -0.770. The maximum atomic E-state index is 11.9. The lowest BCUT2D eigenvalue weighted by atomic mass is 9.78. The molecule has 0 radical (unpaired) electrons. The highest BCUT2D eigenvalue weighted by Crippen LogP contribution is 2.35. The van der Waals surface area contributed by atoms with Gasteiger partial charge >= 0.3 is 6.09 Å². The first-order valence-electron chi connectivity index (χ1n) is 6.04. The minimum Gasteiger partial charge on any atom is -0.444 e. The van der Waals surface area contributed by atoms with Gasteiger partial charge in [0.25, 0.3) is 0 Å². The second-order valence-electron chi connectivity index (χ2n) is 5.93. The van der Waals surface area contributed by atoms with Gasteiger partial charge in [0, 0.05) is 18.5 Å². The minimum atomic E-state index is -0.438. The second-order valence-corrected chi connectivity index (χ2v) is 5.93. The van der Waals surface area contributed by atoms with E-state index in [1.54, 1.807) is 4.90 Å². The maximum Gasteiger partial charge on any atom is 0.410 e. The number of carbonyl (C=O) groups excluding carboxylic acids is 1. The van der Waals surface area contributed by atoms with Crippen LogP contribution in [0.15, 0.2) is 0 Å². The SMILES string of the molecule is CC(C)(C)OC(=O)N1C[C@H]2CC[C@H]1C[C@H]2O. The highest BCUT2D eigenvalue weighted by molar-refractivity contribution is 5.69. The van der Waals surface area contributed by atoms with Crippen LogP contribution < -0.4 is 0 Å². The van der Waals surface area contributed by atoms with Gasteiger partial charge < -0.3 is 14.7 Å². The fraction of sp³-hybridized carbons (Fsp3) is 0.917. The molecule has 0 unspecified atom stereocenters. The molecule has 3 aliphatic rings. The molecule has 0 aromatic carbocycles. The fourth-order valence-electron chi connectivity index (χ4n) is 2.63. The van der Waals surface area contributed by atoms with Crippen LogP contribution >= 0.6 is 0 Å². The van der Waals surface area contributed by atoms with E-state index >= 15 is 0 Å². The summed E-state index contributed by atoms with van der Waals surface area (Å²) in [5, 5.41) is 9.75. The lowest BCUT2D eigenvalue weighted by molar-refractivity contribution is -0.0584. The summed E-state index contributed by atoms with van der Waals surface area (Å²) < 4.78 is 5.37. The third kappa shape index (κ3) is 2.32. The molecule has 1 aliphatic carbocycles. The first-order valence-corrected chi connectivity index (χ1v) is 6.04. The van der Waals surface area contributed by atoms with Crippen LogP contribution in [0, 0.1) is 5.92 Å². The van der Waals surface area contributed by atoms with Crippen molar-refractivity contribution in [3.63, 3.8) is 0 Å². The van der Waals surface area contributed by atoms with Crippen molar-refractivity contribution in [1.82, 2.24) is 4.90 Å². The third-order valence-corrected chi connectivity index (χ3v) is 3.43. The molecule has 0 spiro atoms. The van der Waals surface area contributed by atoms with Gasteiger partial charge in [-0.05, 0) is 40.0 Å². The quantitative estimate of drug-likeness (QED) is 0.686. The molecule has 4 heteroatoms. The lowest BCUT2D eigenvalue weighted by Crippen LogP contribution is -2.56. The molecule has 0 aromatic rings. The number of amides is 1. The van der Waals surface area contributed by atoms with Crippen molar-refractivity contribution in [3.8, 4) is 0 Å². The van der Waals surface area contributed by atoms with E-state index in [9.17, 15) is 9.90 Å². The Bertz CT molecular complexity index is 284. The molecule has 92 valence electrons.